The molecule has 0 radical (unpaired) electrons. The average molecular weight is 254 g/mol. The van der Waals surface area contributed by atoms with Crippen molar-refractivity contribution in [3.8, 4) is 0 Å². The highest BCUT2D eigenvalue weighted by atomic mass is 16.6. The molecule has 0 fully saturated rings. The summed E-state index contributed by atoms with van der Waals surface area (Å²) >= 11 is 0. The highest BCUT2D eigenvalue weighted by molar-refractivity contribution is 5.83. The Labute approximate surface area is 106 Å². The third kappa shape index (κ3) is 3.09. The van der Waals surface area contributed by atoms with Gasteiger partial charge in [-0.25, -0.2) is 9.78 Å². The summed E-state index contributed by atoms with van der Waals surface area (Å²) in [5.74, 6) is -1.66. The Morgan fingerprint density at radius 2 is 2.11 bits per heavy atom. The van der Waals surface area contributed by atoms with Crippen LogP contribution in [-0.4, -0.2) is 26.6 Å². The van der Waals surface area contributed by atoms with E-state index in [-0.39, 0.29) is 11.8 Å². The second-order valence-electron chi connectivity index (χ2n) is 4.98. The molecule has 0 aliphatic heterocycles. The largest absolute Gasteiger partial charge is 0.475 e. The van der Waals surface area contributed by atoms with Gasteiger partial charge >= 0.3 is 11.9 Å². The molecule has 0 aromatic carbocycles. The molecule has 0 saturated heterocycles. The molecule has 0 saturated carbocycles. The van der Waals surface area contributed by atoms with E-state index in [0.29, 0.717) is 6.42 Å². The van der Waals surface area contributed by atoms with Crippen molar-refractivity contribution in [3.05, 3.63) is 18.2 Å². The van der Waals surface area contributed by atoms with Crippen molar-refractivity contribution >= 4 is 11.9 Å². The summed E-state index contributed by atoms with van der Waals surface area (Å²) < 4.78 is 6.67. The van der Waals surface area contributed by atoms with Crippen molar-refractivity contribution in [2.24, 2.45) is 5.41 Å². The van der Waals surface area contributed by atoms with Crippen LogP contribution >= 0.6 is 0 Å². The molecule has 0 amide bonds. The summed E-state index contributed by atoms with van der Waals surface area (Å²) in [6, 6.07) is 0. The van der Waals surface area contributed by atoms with Gasteiger partial charge < -0.3 is 9.84 Å². The first-order valence-electron chi connectivity index (χ1n) is 5.74. The minimum atomic E-state index is -1.15. The number of carbonyl (C=O) groups is 2. The zero-order valence-electron chi connectivity index (χ0n) is 11.0. The molecule has 18 heavy (non-hydrogen) atoms. The molecule has 1 aromatic rings. The summed E-state index contributed by atoms with van der Waals surface area (Å²) in [6.07, 6.45) is 2.69. The molecule has 1 rings (SSSR count). The molecule has 6 heteroatoms. The van der Waals surface area contributed by atoms with Gasteiger partial charge in [0.1, 0.15) is 0 Å². The van der Waals surface area contributed by atoms with Crippen LogP contribution in [0.15, 0.2) is 12.4 Å². The first-order chi connectivity index (χ1) is 8.27. The fourth-order valence-corrected chi connectivity index (χ4v) is 1.35. The molecular formula is C12H18N2O4. The zero-order chi connectivity index (χ0) is 13.9. The number of carbonyl (C=O) groups excluding carboxylic acids is 1. The highest BCUT2D eigenvalue weighted by Crippen LogP contribution is 2.22. The van der Waals surface area contributed by atoms with Crippen molar-refractivity contribution in [2.45, 2.75) is 40.3 Å². The minimum absolute atomic E-state index is 0.136. The van der Waals surface area contributed by atoms with Gasteiger partial charge in [-0.2, -0.15) is 0 Å². The van der Waals surface area contributed by atoms with Gasteiger partial charge in [0, 0.05) is 18.8 Å². The molecule has 1 heterocycles. The van der Waals surface area contributed by atoms with Crippen molar-refractivity contribution in [2.75, 3.05) is 0 Å². The first-order valence-corrected chi connectivity index (χ1v) is 5.74. The Bertz CT molecular complexity index is 445. The molecule has 0 aliphatic rings. The topological polar surface area (TPSA) is 81.4 Å². The molecule has 1 aromatic heterocycles. The lowest BCUT2D eigenvalue weighted by molar-refractivity contribution is -0.163. The van der Waals surface area contributed by atoms with E-state index < -0.39 is 17.6 Å². The Morgan fingerprint density at radius 1 is 1.50 bits per heavy atom. The highest BCUT2D eigenvalue weighted by Gasteiger charge is 2.28. The Morgan fingerprint density at radius 3 is 2.56 bits per heavy atom. The maximum Gasteiger partial charge on any atom is 0.372 e. The van der Waals surface area contributed by atoms with Gasteiger partial charge in [-0.05, 0) is 20.8 Å². The fraction of sp³-hybridized carbons (Fsp3) is 0.583. The van der Waals surface area contributed by atoms with Gasteiger partial charge in [-0.15, -0.1) is 0 Å². The van der Waals surface area contributed by atoms with E-state index in [0.717, 1.165) is 0 Å². The number of imidazole rings is 1. The number of esters is 1. The van der Waals surface area contributed by atoms with Gasteiger partial charge in [-0.3, -0.25) is 9.36 Å². The summed E-state index contributed by atoms with van der Waals surface area (Å²) in [4.78, 5) is 26.5. The van der Waals surface area contributed by atoms with Gasteiger partial charge in [0.15, 0.2) is 6.23 Å². The van der Waals surface area contributed by atoms with Crippen LogP contribution in [0.1, 0.15) is 51.0 Å². The molecule has 1 N–H and O–H groups in total. The standard InChI is InChI=1S/C12H18N2O4/c1-5-8(18-11(17)12(2,3)4)14-7-6-13-9(14)10(15)16/h6-8H,5H2,1-4H3,(H,15,16). The summed E-state index contributed by atoms with van der Waals surface area (Å²) in [5.41, 5.74) is -0.628. The summed E-state index contributed by atoms with van der Waals surface area (Å²) in [7, 11) is 0. The van der Waals surface area contributed by atoms with Crippen molar-refractivity contribution < 1.29 is 19.4 Å². The average Bonchev–Trinajstić information content (AvgIpc) is 2.72. The van der Waals surface area contributed by atoms with Crippen LogP contribution < -0.4 is 0 Å². The second kappa shape index (κ2) is 5.20. The number of hydrogen-bond donors (Lipinski definition) is 1. The van der Waals surface area contributed by atoms with E-state index in [1.54, 1.807) is 20.8 Å². The maximum absolute atomic E-state index is 11.8. The molecule has 0 spiro atoms. The normalized spacial score (nSPS) is 13.1. The molecule has 100 valence electrons. The lowest BCUT2D eigenvalue weighted by atomic mass is 9.97. The number of aromatic nitrogens is 2. The molecule has 0 aliphatic carbocycles. The quantitative estimate of drug-likeness (QED) is 0.832. The molecule has 1 unspecified atom stereocenters. The van der Waals surface area contributed by atoms with Crippen molar-refractivity contribution in [1.29, 1.82) is 0 Å². The predicted molar refractivity (Wildman–Crippen MR) is 64.1 cm³/mol. The number of nitrogens with zero attached hydrogens (tertiary/aromatic N) is 2. The van der Waals surface area contributed by atoms with Crippen LogP contribution in [0, 0.1) is 5.41 Å². The van der Waals surface area contributed by atoms with E-state index in [1.807, 2.05) is 6.92 Å². The zero-order valence-corrected chi connectivity index (χ0v) is 11.0. The lowest BCUT2D eigenvalue weighted by Crippen LogP contribution is -2.28. The SMILES string of the molecule is CCC(OC(=O)C(C)(C)C)n1ccnc1C(=O)O. The van der Waals surface area contributed by atoms with Gasteiger partial charge in [0.25, 0.3) is 0 Å². The van der Waals surface area contributed by atoms with Crippen LogP contribution in [0.4, 0.5) is 0 Å². The van der Waals surface area contributed by atoms with E-state index >= 15 is 0 Å². The van der Waals surface area contributed by atoms with Crippen LogP contribution in [0.2, 0.25) is 0 Å². The van der Waals surface area contributed by atoms with Gasteiger partial charge in [-0.1, -0.05) is 6.92 Å². The Balaban J connectivity index is 2.94. The molecule has 0 bridgehead atoms. The number of aromatic carboxylic acids is 1. The number of hydrogen-bond acceptors (Lipinski definition) is 4. The second-order valence-corrected chi connectivity index (χ2v) is 4.98. The van der Waals surface area contributed by atoms with Crippen molar-refractivity contribution in [3.63, 3.8) is 0 Å². The fourth-order valence-electron chi connectivity index (χ4n) is 1.35. The molecule has 1 atom stereocenters. The van der Waals surface area contributed by atoms with E-state index in [2.05, 4.69) is 4.98 Å². The van der Waals surface area contributed by atoms with E-state index in [4.69, 9.17) is 9.84 Å². The number of ether oxygens (including phenoxy) is 1. The van der Waals surface area contributed by atoms with E-state index in [1.165, 1.54) is 17.0 Å². The third-order valence-corrected chi connectivity index (χ3v) is 2.37. The summed E-state index contributed by atoms with van der Waals surface area (Å²) in [5, 5.41) is 8.97. The van der Waals surface area contributed by atoms with Crippen molar-refractivity contribution in [1.82, 2.24) is 9.55 Å². The van der Waals surface area contributed by atoms with Crippen LogP contribution in [0.5, 0.6) is 0 Å². The third-order valence-electron chi connectivity index (χ3n) is 2.37. The van der Waals surface area contributed by atoms with Crippen LogP contribution in [-0.2, 0) is 9.53 Å². The Hall–Kier alpha value is -1.85. The maximum atomic E-state index is 11.8. The van der Waals surface area contributed by atoms with Gasteiger partial charge in [0.05, 0.1) is 5.41 Å². The van der Waals surface area contributed by atoms with Crippen LogP contribution in [0.3, 0.4) is 0 Å². The minimum Gasteiger partial charge on any atom is -0.475 e. The summed E-state index contributed by atoms with van der Waals surface area (Å²) in [6.45, 7) is 7.04. The smallest absolute Gasteiger partial charge is 0.372 e. The lowest BCUT2D eigenvalue weighted by Gasteiger charge is -2.23. The van der Waals surface area contributed by atoms with Crippen LogP contribution in [0.25, 0.3) is 0 Å². The predicted octanol–water partition coefficient (Wildman–Crippen LogP) is 2.08. The monoisotopic (exact) mass is 254 g/mol. The Kier molecular flexibility index (Phi) is 4.11. The number of carboxylic acid groups (broad SMARTS) is 1. The van der Waals surface area contributed by atoms with E-state index in [9.17, 15) is 9.59 Å². The van der Waals surface area contributed by atoms with Gasteiger partial charge in [0.2, 0.25) is 5.82 Å². The number of carboxylic acids is 1. The molecular weight excluding hydrogens is 236 g/mol. The first kappa shape index (κ1) is 14.2. The number of rotatable bonds is 4. The molecule has 6 nitrogen and oxygen atoms in total.